The summed E-state index contributed by atoms with van der Waals surface area (Å²) >= 11 is 0. The number of nitrogens with one attached hydrogen (secondary N) is 1. The zero-order valence-corrected chi connectivity index (χ0v) is 15.5. The number of halogens is 1. The van der Waals surface area contributed by atoms with Crippen LogP contribution in [-0.4, -0.2) is 18.4 Å². The summed E-state index contributed by atoms with van der Waals surface area (Å²) in [6.45, 7) is 6.31. The molecule has 4 nitrogen and oxygen atoms in total. The lowest BCUT2D eigenvalue weighted by molar-refractivity contribution is -0.121. The first-order valence-corrected chi connectivity index (χ1v) is 8.76. The van der Waals surface area contributed by atoms with Crippen molar-refractivity contribution < 1.29 is 14.0 Å². The molecule has 138 valence electrons. The molecule has 26 heavy (non-hydrogen) atoms. The fraction of sp³-hybridized carbons (Fsp3) is 0.333. The maximum Gasteiger partial charge on any atom is 0.223 e. The minimum absolute atomic E-state index is 0.0931. The van der Waals surface area contributed by atoms with Gasteiger partial charge in [0.25, 0.3) is 0 Å². The van der Waals surface area contributed by atoms with Crippen LogP contribution in [0.1, 0.15) is 44.2 Å². The van der Waals surface area contributed by atoms with Gasteiger partial charge in [0.1, 0.15) is 5.82 Å². The Bertz CT molecular complexity index is 757. The highest BCUT2D eigenvalue weighted by molar-refractivity contribution is 5.93. The van der Waals surface area contributed by atoms with Gasteiger partial charge in [-0.3, -0.25) is 9.59 Å². The van der Waals surface area contributed by atoms with Crippen LogP contribution in [0.5, 0.6) is 0 Å². The predicted molar refractivity (Wildman–Crippen MR) is 101 cm³/mol. The predicted octanol–water partition coefficient (Wildman–Crippen LogP) is 4.01. The molecule has 2 aromatic rings. The Morgan fingerprint density at radius 1 is 1.08 bits per heavy atom. The summed E-state index contributed by atoms with van der Waals surface area (Å²) in [5.41, 5.74) is 2.75. The van der Waals surface area contributed by atoms with Gasteiger partial charge in [-0.05, 0) is 35.2 Å². The minimum Gasteiger partial charge on any atom is -0.352 e. The van der Waals surface area contributed by atoms with Gasteiger partial charge in [-0.1, -0.05) is 44.2 Å². The van der Waals surface area contributed by atoms with Crippen molar-refractivity contribution in [1.82, 2.24) is 5.32 Å². The molecule has 0 radical (unpaired) electrons. The molecule has 0 unspecified atom stereocenters. The number of hydrogen-bond donors (Lipinski definition) is 1. The van der Waals surface area contributed by atoms with Gasteiger partial charge in [-0.2, -0.15) is 0 Å². The third kappa shape index (κ3) is 5.41. The number of para-hydroxylation sites is 1. The van der Waals surface area contributed by atoms with E-state index in [4.69, 9.17) is 0 Å². The Balaban J connectivity index is 1.97. The van der Waals surface area contributed by atoms with Crippen molar-refractivity contribution in [3.63, 3.8) is 0 Å². The summed E-state index contributed by atoms with van der Waals surface area (Å²) in [7, 11) is 0. The first kappa shape index (κ1) is 19.6. The SMILES string of the molecule is CC(=O)N(CCC(=O)NCc1ccc(F)cc1)c1ccccc1C(C)C. The molecule has 5 heteroatoms. The molecule has 2 aromatic carbocycles. The summed E-state index contributed by atoms with van der Waals surface area (Å²) in [6, 6.07) is 13.8. The van der Waals surface area contributed by atoms with E-state index >= 15 is 0 Å². The maximum absolute atomic E-state index is 12.9. The van der Waals surface area contributed by atoms with E-state index in [1.807, 2.05) is 24.3 Å². The van der Waals surface area contributed by atoms with Crippen LogP contribution in [0.3, 0.4) is 0 Å². The van der Waals surface area contributed by atoms with Crippen LogP contribution in [0.15, 0.2) is 48.5 Å². The third-order valence-electron chi connectivity index (χ3n) is 4.20. The van der Waals surface area contributed by atoms with Gasteiger partial charge in [0.2, 0.25) is 11.8 Å². The lowest BCUT2D eigenvalue weighted by Gasteiger charge is -2.25. The Kier molecular flexibility index (Phi) is 6.89. The molecule has 0 heterocycles. The van der Waals surface area contributed by atoms with E-state index in [-0.39, 0.29) is 30.0 Å². The molecule has 0 fully saturated rings. The Morgan fingerprint density at radius 2 is 1.73 bits per heavy atom. The van der Waals surface area contributed by atoms with Crippen molar-refractivity contribution in [3.05, 3.63) is 65.5 Å². The topological polar surface area (TPSA) is 49.4 Å². The average molecular weight is 356 g/mol. The molecule has 0 spiro atoms. The molecule has 0 saturated carbocycles. The molecule has 0 bridgehead atoms. The van der Waals surface area contributed by atoms with Crippen molar-refractivity contribution in [1.29, 1.82) is 0 Å². The van der Waals surface area contributed by atoms with Crippen LogP contribution in [0.25, 0.3) is 0 Å². The highest BCUT2D eigenvalue weighted by atomic mass is 19.1. The van der Waals surface area contributed by atoms with Crippen molar-refractivity contribution in [2.45, 2.75) is 39.7 Å². The number of rotatable bonds is 7. The van der Waals surface area contributed by atoms with Gasteiger partial charge in [0.15, 0.2) is 0 Å². The molecule has 1 N–H and O–H groups in total. The van der Waals surface area contributed by atoms with E-state index in [2.05, 4.69) is 19.2 Å². The van der Waals surface area contributed by atoms with Crippen LogP contribution < -0.4 is 10.2 Å². The number of anilines is 1. The summed E-state index contributed by atoms with van der Waals surface area (Å²) in [5.74, 6) is -0.270. The van der Waals surface area contributed by atoms with E-state index in [0.717, 1.165) is 16.8 Å². The Hall–Kier alpha value is -2.69. The zero-order valence-electron chi connectivity index (χ0n) is 15.5. The standard InChI is InChI=1S/C21H25FN2O2/c1-15(2)19-6-4-5-7-20(19)24(16(3)25)13-12-21(26)23-14-17-8-10-18(22)11-9-17/h4-11,15H,12-14H2,1-3H3,(H,23,26). The second-order valence-electron chi connectivity index (χ2n) is 6.54. The van der Waals surface area contributed by atoms with Crippen LogP contribution in [0.4, 0.5) is 10.1 Å². The first-order chi connectivity index (χ1) is 12.4. The molecule has 2 rings (SSSR count). The van der Waals surface area contributed by atoms with Gasteiger partial charge in [0, 0.05) is 32.1 Å². The summed E-state index contributed by atoms with van der Waals surface area (Å²) in [5, 5.41) is 2.80. The number of amides is 2. The van der Waals surface area contributed by atoms with E-state index in [0.29, 0.717) is 13.1 Å². The van der Waals surface area contributed by atoms with Crippen LogP contribution >= 0.6 is 0 Å². The smallest absolute Gasteiger partial charge is 0.223 e. The van der Waals surface area contributed by atoms with Gasteiger partial charge < -0.3 is 10.2 Å². The highest BCUT2D eigenvalue weighted by Crippen LogP contribution is 2.27. The molecular weight excluding hydrogens is 331 g/mol. The molecular formula is C21H25FN2O2. The van der Waals surface area contributed by atoms with E-state index in [9.17, 15) is 14.0 Å². The lowest BCUT2D eigenvalue weighted by Crippen LogP contribution is -2.34. The van der Waals surface area contributed by atoms with Crippen LogP contribution in [0.2, 0.25) is 0 Å². The summed E-state index contributed by atoms with van der Waals surface area (Å²) in [6.07, 6.45) is 0.202. The average Bonchev–Trinajstić information content (AvgIpc) is 2.61. The fourth-order valence-electron chi connectivity index (χ4n) is 2.77. The Labute approximate surface area is 154 Å². The molecule has 0 aliphatic carbocycles. The van der Waals surface area contributed by atoms with E-state index in [1.54, 1.807) is 17.0 Å². The van der Waals surface area contributed by atoms with Gasteiger partial charge in [-0.15, -0.1) is 0 Å². The molecule has 0 aliphatic rings. The quantitative estimate of drug-likeness (QED) is 0.815. The van der Waals surface area contributed by atoms with Crippen molar-refractivity contribution in [2.24, 2.45) is 0 Å². The molecule has 2 amide bonds. The first-order valence-electron chi connectivity index (χ1n) is 8.76. The normalized spacial score (nSPS) is 10.7. The number of carbonyl (C=O) groups is 2. The van der Waals surface area contributed by atoms with E-state index < -0.39 is 0 Å². The lowest BCUT2D eigenvalue weighted by atomic mass is 10.0. The Morgan fingerprint density at radius 3 is 2.35 bits per heavy atom. The molecule has 0 aliphatic heterocycles. The minimum atomic E-state index is -0.305. The van der Waals surface area contributed by atoms with Crippen molar-refractivity contribution >= 4 is 17.5 Å². The van der Waals surface area contributed by atoms with Crippen molar-refractivity contribution in [3.8, 4) is 0 Å². The van der Waals surface area contributed by atoms with Crippen molar-refractivity contribution in [2.75, 3.05) is 11.4 Å². The zero-order chi connectivity index (χ0) is 19.1. The molecule has 0 saturated heterocycles. The number of hydrogen-bond acceptors (Lipinski definition) is 2. The fourth-order valence-corrected chi connectivity index (χ4v) is 2.77. The van der Waals surface area contributed by atoms with Gasteiger partial charge in [-0.25, -0.2) is 4.39 Å². The summed E-state index contributed by atoms with van der Waals surface area (Å²) in [4.78, 5) is 25.9. The number of nitrogens with zero attached hydrogens (tertiary/aromatic N) is 1. The monoisotopic (exact) mass is 356 g/mol. The van der Waals surface area contributed by atoms with E-state index in [1.165, 1.54) is 19.1 Å². The van der Waals surface area contributed by atoms with Crippen LogP contribution in [-0.2, 0) is 16.1 Å². The van der Waals surface area contributed by atoms with Gasteiger partial charge in [0.05, 0.1) is 0 Å². The number of carbonyl (C=O) groups excluding carboxylic acids is 2. The van der Waals surface area contributed by atoms with Crippen LogP contribution in [0, 0.1) is 5.82 Å². The summed E-state index contributed by atoms with van der Waals surface area (Å²) < 4.78 is 12.9. The largest absolute Gasteiger partial charge is 0.352 e. The second-order valence-corrected chi connectivity index (χ2v) is 6.54. The molecule has 0 aromatic heterocycles. The highest BCUT2D eigenvalue weighted by Gasteiger charge is 2.17. The molecule has 0 atom stereocenters. The second kappa shape index (κ2) is 9.13. The maximum atomic E-state index is 12.9. The number of benzene rings is 2. The van der Waals surface area contributed by atoms with Gasteiger partial charge >= 0.3 is 0 Å². The third-order valence-corrected chi connectivity index (χ3v) is 4.20.